The monoisotopic (exact) mass is 563 g/mol. The number of ether oxygens (including phenoxy) is 3. The normalized spacial score (nSPS) is 17.3. The van der Waals surface area contributed by atoms with Crippen LogP contribution in [0.4, 0.5) is 11.6 Å². The van der Waals surface area contributed by atoms with Crippen molar-refractivity contribution in [2.45, 2.75) is 65.1 Å². The van der Waals surface area contributed by atoms with Gasteiger partial charge >= 0.3 is 0 Å². The third kappa shape index (κ3) is 6.04. The molecular weight excluding hydrogens is 522 g/mol. The highest BCUT2D eigenvalue weighted by atomic mass is 16.5. The first-order valence-electron chi connectivity index (χ1n) is 14.2. The van der Waals surface area contributed by atoms with Gasteiger partial charge in [0.1, 0.15) is 5.76 Å². The van der Waals surface area contributed by atoms with Crippen molar-refractivity contribution >= 4 is 17.5 Å². The van der Waals surface area contributed by atoms with Gasteiger partial charge in [0.15, 0.2) is 11.4 Å². The zero-order valence-electron chi connectivity index (χ0n) is 25.1. The van der Waals surface area contributed by atoms with Gasteiger partial charge in [0.25, 0.3) is 5.91 Å². The molecule has 220 valence electrons. The van der Waals surface area contributed by atoms with Crippen LogP contribution in [0.2, 0.25) is 0 Å². The summed E-state index contributed by atoms with van der Waals surface area (Å²) in [7, 11) is 2.98. The molecule has 1 amide bonds. The van der Waals surface area contributed by atoms with Crippen LogP contribution >= 0.6 is 0 Å². The topological polar surface area (TPSA) is 111 Å². The van der Waals surface area contributed by atoms with Crippen LogP contribution in [0.25, 0.3) is 0 Å². The summed E-state index contributed by atoms with van der Waals surface area (Å²) in [6.45, 7) is 14.3. The lowest BCUT2D eigenvalue weighted by atomic mass is 9.86. The Hall–Kier alpha value is -3.63. The van der Waals surface area contributed by atoms with Crippen molar-refractivity contribution in [1.29, 1.82) is 0 Å². The number of methoxy groups -OCH3 is 2. The first-order chi connectivity index (χ1) is 19.5. The van der Waals surface area contributed by atoms with Crippen LogP contribution in [-0.2, 0) is 22.4 Å². The molecule has 2 N–H and O–H groups in total. The second kappa shape index (κ2) is 11.3. The van der Waals surface area contributed by atoms with Crippen LogP contribution in [0.3, 0.4) is 0 Å². The minimum Gasteiger partial charge on any atom is -0.479 e. The van der Waals surface area contributed by atoms with Gasteiger partial charge in [-0.25, -0.2) is 0 Å². The summed E-state index contributed by atoms with van der Waals surface area (Å²) < 4.78 is 23.3. The Morgan fingerprint density at radius 2 is 1.63 bits per heavy atom. The molecule has 1 saturated heterocycles. The van der Waals surface area contributed by atoms with E-state index in [-0.39, 0.29) is 34.4 Å². The highest BCUT2D eigenvalue weighted by Gasteiger charge is 2.43. The van der Waals surface area contributed by atoms with E-state index in [2.05, 4.69) is 72.3 Å². The van der Waals surface area contributed by atoms with Crippen molar-refractivity contribution in [3.63, 3.8) is 0 Å². The minimum absolute atomic E-state index is 0.167. The number of hydrogen-bond donors (Lipinski definition) is 2. The largest absolute Gasteiger partial charge is 0.479 e. The molecule has 0 radical (unpaired) electrons. The number of likely N-dealkylation sites (tertiary alicyclic amines) is 1. The van der Waals surface area contributed by atoms with E-state index in [1.807, 2.05) is 6.07 Å². The van der Waals surface area contributed by atoms with Crippen molar-refractivity contribution in [1.82, 2.24) is 14.9 Å². The maximum absolute atomic E-state index is 13.2. The number of carbonyl (C=O) groups is 1. The molecule has 0 aliphatic carbocycles. The summed E-state index contributed by atoms with van der Waals surface area (Å²) in [6, 6.07) is 7.90. The van der Waals surface area contributed by atoms with E-state index in [0.717, 1.165) is 30.8 Å². The van der Waals surface area contributed by atoms with E-state index in [4.69, 9.17) is 18.6 Å². The van der Waals surface area contributed by atoms with E-state index in [1.165, 1.54) is 38.2 Å². The summed E-state index contributed by atoms with van der Waals surface area (Å²) in [5, 5.41) is 6.03. The molecule has 4 heterocycles. The molecule has 2 aliphatic rings. The number of nitrogens with zero attached hydrogens (tertiary/aromatic N) is 3. The number of fused-ring (bicyclic) bond motifs is 1. The molecule has 3 aromatic rings. The summed E-state index contributed by atoms with van der Waals surface area (Å²) >= 11 is 0. The number of rotatable bonds is 10. The Morgan fingerprint density at radius 3 is 2.27 bits per heavy atom. The van der Waals surface area contributed by atoms with Crippen molar-refractivity contribution in [2.24, 2.45) is 0 Å². The van der Waals surface area contributed by atoms with Crippen LogP contribution < -0.4 is 20.1 Å². The SMILES string of the molecule is COc1nc(NCCN2CCCC2)nc(OC)c1NC(=O)c1ccc(Cc2cc3c(cc2C)C(C)(C)OC3(C)C)o1. The zero-order chi connectivity index (χ0) is 29.4. The van der Waals surface area contributed by atoms with Gasteiger partial charge in [0.2, 0.25) is 17.7 Å². The lowest BCUT2D eigenvalue weighted by Gasteiger charge is -2.24. The maximum Gasteiger partial charge on any atom is 0.291 e. The molecule has 0 saturated carbocycles. The predicted molar refractivity (Wildman–Crippen MR) is 157 cm³/mol. The summed E-state index contributed by atoms with van der Waals surface area (Å²) in [5.74, 6) is 1.16. The summed E-state index contributed by atoms with van der Waals surface area (Å²) in [5.41, 5.74) is 4.19. The molecule has 10 heteroatoms. The predicted octanol–water partition coefficient (Wildman–Crippen LogP) is 5.25. The van der Waals surface area contributed by atoms with Gasteiger partial charge in [0, 0.05) is 19.5 Å². The molecule has 41 heavy (non-hydrogen) atoms. The van der Waals surface area contributed by atoms with Crippen molar-refractivity contribution in [3.05, 3.63) is 58.0 Å². The quantitative estimate of drug-likeness (QED) is 0.342. The first kappa shape index (κ1) is 28.9. The fourth-order valence-corrected chi connectivity index (χ4v) is 5.88. The minimum atomic E-state index is -0.451. The van der Waals surface area contributed by atoms with Gasteiger partial charge in [-0.3, -0.25) is 4.79 Å². The second-order valence-electron chi connectivity index (χ2n) is 11.8. The number of anilines is 2. The molecule has 10 nitrogen and oxygen atoms in total. The Kier molecular flexibility index (Phi) is 7.98. The number of aryl methyl sites for hydroxylation is 1. The van der Waals surface area contributed by atoms with Crippen LogP contribution in [-0.4, -0.2) is 61.2 Å². The molecule has 0 atom stereocenters. The molecule has 0 unspecified atom stereocenters. The third-order valence-electron chi connectivity index (χ3n) is 7.91. The van der Waals surface area contributed by atoms with E-state index < -0.39 is 5.91 Å². The number of amides is 1. The molecule has 0 bridgehead atoms. The average Bonchev–Trinajstić information content (AvgIpc) is 3.65. The lowest BCUT2D eigenvalue weighted by Crippen LogP contribution is -2.26. The van der Waals surface area contributed by atoms with Gasteiger partial charge in [-0.2, -0.15) is 9.97 Å². The maximum atomic E-state index is 13.2. The molecular formula is C31H41N5O5. The number of furan rings is 1. The number of aromatic nitrogens is 2. The van der Waals surface area contributed by atoms with Crippen molar-refractivity contribution < 1.29 is 23.4 Å². The number of nitrogens with one attached hydrogen (secondary N) is 2. The molecule has 2 aromatic heterocycles. The Morgan fingerprint density at radius 1 is 1.00 bits per heavy atom. The van der Waals surface area contributed by atoms with Crippen LogP contribution in [0.15, 0.2) is 28.7 Å². The smallest absolute Gasteiger partial charge is 0.291 e. The van der Waals surface area contributed by atoms with Gasteiger partial charge in [-0.1, -0.05) is 12.1 Å². The molecule has 0 spiro atoms. The fraction of sp³-hybridized carbons (Fsp3) is 0.516. The first-order valence-corrected chi connectivity index (χ1v) is 14.2. The average molecular weight is 564 g/mol. The third-order valence-corrected chi connectivity index (χ3v) is 7.91. The molecule has 5 rings (SSSR count). The molecule has 1 aromatic carbocycles. The van der Waals surface area contributed by atoms with E-state index in [0.29, 0.717) is 24.7 Å². The number of carbonyl (C=O) groups excluding carboxylic acids is 1. The zero-order valence-corrected chi connectivity index (χ0v) is 25.1. The fourth-order valence-electron chi connectivity index (χ4n) is 5.88. The summed E-state index contributed by atoms with van der Waals surface area (Å²) in [6.07, 6.45) is 3.03. The van der Waals surface area contributed by atoms with Gasteiger partial charge in [0.05, 0.1) is 25.4 Å². The summed E-state index contributed by atoms with van der Waals surface area (Å²) in [4.78, 5) is 24.5. The van der Waals surface area contributed by atoms with Crippen LogP contribution in [0, 0.1) is 6.92 Å². The molecule has 2 aliphatic heterocycles. The van der Waals surface area contributed by atoms with Crippen LogP contribution in [0.5, 0.6) is 11.8 Å². The van der Waals surface area contributed by atoms with Gasteiger partial charge in [-0.05, 0) is 94.9 Å². The molecule has 1 fully saturated rings. The van der Waals surface area contributed by atoms with E-state index in [1.54, 1.807) is 6.07 Å². The highest BCUT2D eigenvalue weighted by Crippen LogP contribution is 2.47. The Balaban J connectivity index is 1.29. The second-order valence-corrected chi connectivity index (χ2v) is 11.8. The standard InChI is InChI=1S/C31H41N5O5/c1-19-16-22-23(31(4,5)41-30(22,2)3)18-20(19)17-21-10-11-24(40-21)26(37)33-25-27(38-6)34-29(35-28(25)39-7)32-12-15-36-13-8-9-14-36/h10-11,16,18H,8-9,12-15,17H2,1-7H3,(H,33,37)(H,32,34,35). The van der Waals surface area contributed by atoms with Crippen LogP contribution in [0.1, 0.15) is 79.1 Å². The Labute approximate surface area is 241 Å². The van der Waals surface area contributed by atoms with Gasteiger partial charge < -0.3 is 34.2 Å². The number of benzene rings is 1. The van der Waals surface area contributed by atoms with Crippen molar-refractivity contribution in [3.8, 4) is 11.8 Å². The highest BCUT2D eigenvalue weighted by molar-refractivity contribution is 6.03. The van der Waals surface area contributed by atoms with E-state index >= 15 is 0 Å². The number of hydrogen-bond acceptors (Lipinski definition) is 9. The lowest BCUT2D eigenvalue weighted by molar-refractivity contribution is -0.105. The van der Waals surface area contributed by atoms with Gasteiger partial charge in [-0.15, -0.1) is 0 Å². The Bertz CT molecular complexity index is 1400. The van der Waals surface area contributed by atoms with Crippen molar-refractivity contribution in [2.75, 3.05) is 51.0 Å². The van der Waals surface area contributed by atoms with E-state index in [9.17, 15) is 4.79 Å².